The van der Waals surface area contributed by atoms with Crippen molar-refractivity contribution in [3.8, 4) is 0 Å². The summed E-state index contributed by atoms with van der Waals surface area (Å²) in [6, 6.07) is 0. The summed E-state index contributed by atoms with van der Waals surface area (Å²) in [7, 11) is 0. The second-order valence-electron chi connectivity index (χ2n) is 4.11. The lowest BCUT2D eigenvalue weighted by atomic mass is 9.92. The maximum Gasteiger partial charge on any atom is 0.0700 e. The van der Waals surface area contributed by atoms with E-state index in [1.54, 1.807) is 0 Å². The molecule has 1 aliphatic heterocycles. The summed E-state index contributed by atoms with van der Waals surface area (Å²) >= 11 is 0. The number of aromatic amines is 1. The number of rotatable bonds is 2. The molecule has 2 rings (SSSR count). The van der Waals surface area contributed by atoms with Crippen molar-refractivity contribution in [3.05, 3.63) is 17.0 Å². The molecule has 0 bridgehead atoms. The van der Waals surface area contributed by atoms with Gasteiger partial charge in [-0.2, -0.15) is 5.10 Å². The highest BCUT2D eigenvalue weighted by atomic mass is 15.1. The molecule has 2 N–H and O–H groups in total. The molecule has 78 valence electrons. The lowest BCUT2D eigenvalue weighted by molar-refractivity contribution is 0.452. The number of nitrogens with zero attached hydrogens (tertiary/aromatic N) is 1. The molecule has 1 aliphatic rings. The minimum absolute atomic E-state index is 0.628. The van der Waals surface area contributed by atoms with Crippen molar-refractivity contribution in [2.45, 2.75) is 39.0 Å². The molecule has 2 heterocycles. The van der Waals surface area contributed by atoms with Gasteiger partial charge in [-0.25, -0.2) is 0 Å². The zero-order valence-electron chi connectivity index (χ0n) is 9.06. The van der Waals surface area contributed by atoms with Gasteiger partial charge >= 0.3 is 0 Å². The Morgan fingerprint density at radius 1 is 1.50 bits per heavy atom. The van der Waals surface area contributed by atoms with Crippen LogP contribution in [0, 0.1) is 6.92 Å². The lowest BCUT2D eigenvalue weighted by Crippen LogP contribution is -2.29. The van der Waals surface area contributed by atoms with Gasteiger partial charge in [0.1, 0.15) is 0 Å². The van der Waals surface area contributed by atoms with Gasteiger partial charge in [0.2, 0.25) is 0 Å². The molecule has 0 spiro atoms. The minimum Gasteiger partial charge on any atom is -0.316 e. The Labute approximate surface area is 85.3 Å². The molecule has 1 saturated heterocycles. The van der Waals surface area contributed by atoms with Gasteiger partial charge in [-0.05, 0) is 38.3 Å². The van der Waals surface area contributed by atoms with Gasteiger partial charge < -0.3 is 5.32 Å². The van der Waals surface area contributed by atoms with Crippen LogP contribution in [0.5, 0.6) is 0 Å². The van der Waals surface area contributed by atoms with E-state index in [2.05, 4.69) is 29.4 Å². The molecule has 1 unspecified atom stereocenters. The van der Waals surface area contributed by atoms with Crippen molar-refractivity contribution in [1.82, 2.24) is 15.5 Å². The predicted octanol–water partition coefficient (Wildman–Crippen LogP) is 1.75. The van der Waals surface area contributed by atoms with Crippen molar-refractivity contribution in [2.24, 2.45) is 0 Å². The fraction of sp³-hybridized carbons (Fsp3) is 0.727. The number of aromatic nitrogens is 2. The van der Waals surface area contributed by atoms with E-state index in [0.717, 1.165) is 13.0 Å². The summed E-state index contributed by atoms with van der Waals surface area (Å²) in [5, 5.41) is 11.0. The quantitative estimate of drug-likeness (QED) is 0.751. The normalized spacial score (nSPS) is 22.6. The Morgan fingerprint density at radius 3 is 3.00 bits per heavy atom. The molecule has 1 aromatic rings. The number of H-pyrrole nitrogens is 1. The van der Waals surface area contributed by atoms with E-state index in [9.17, 15) is 0 Å². The van der Waals surface area contributed by atoms with E-state index in [1.807, 2.05) is 0 Å². The first-order chi connectivity index (χ1) is 6.83. The Bertz CT molecular complexity index is 297. The van der Waals surface area contributed by atoms with Crippen LogP contribution >= 0.6 is 0 Å². The van der Waals surface area contributed by atoms with E-state index in [-0.39, 0.29) is 0 Å². The van der Waals surface area contributed by atoms with Gasteiger partial charge in [0.05, 0.1) is 5.69 Å². The third kappa shape index (κ3) is 1.69. The van der Waals surface area contributed by atoms with Gasteiger partial charge in [0.15, 0.2) is 0 Å². The Balaban J connectivity index is 2.21. The third-order valence-electron chi connectivity index (χ3n) is 3.14. The summed E-state index contributed by atoms with van der Waals surface area (Å²) in [6.45, 7) is 6.59. The zero-order chi connectivity index (χ0) is 9.97. The highest BCUT2D eigenvalue weighted by Crippen LogP contribution is 2.26. The van der Waals surface area contributed by atoms with Crippen molar-refractivity contribution in [3.63, 3.8) is 0 Å². The molecule has 0 radical (unpaired) electrons. The molecule has 1 atom stereocenters. The monoisotopic (exact) mass is 193 g/mol. The van der Waals surface area contributed by atoms with Gasteiger partial charge in [-0.15, -0.1) is 0 Å². The van der Waals surface area contributed by atoms with Crippen molar-refractivity contribution < 1.29 is 0 Å². The predicted molar refractivity (Wildman–Crippen MR) is 57.5 cm³/mol. The molecule has 1 fully saturated rings. The maximum absolute atomic E-state index is 4.45. The average molecular weight is 193 g/mol. The molecule has 0 aliphatic carbocycles. The molecule has 0 aromatic carbocycles. The second-order valence-corrected chi connectivity index (χ2v) is 4.11. The Hall–Kier alpha value is -0.830. The molecule has 14 heavy (non-hydrogen) atoms. The number of nitrogens with one attached hydrogen (secondary N) is 2. The second kappa shape index (κ2) is 4.13. The van der Waals surface area contributed by atoms with Gasteiger partial charge in [0.25, 0.3) is 0 Å². The summed E-state index contributed by atoms with van der Waals surface area (Å²) in [6.07, 6.45) is 3.65. The van der Waals surface area contributed by atoms with Crippen molar-refractivity contribution in [2.75, 3.05) is 13.1 Å². The van der Waals surface area contributed by atoms with Crippen LogP contribution in [0.4, 0.5) is 0 Å². The molecular formula is C11H19N3. The summed E-state index contributed by atoms with van der Waals surface area (Å²) in [4.78, 5) is 0. The van der Waals surface area contributed by atoms with Crippen LogP contribution in [-0.4, -0.2) is 23.3 Å². The number of piperidine rings is 1. The van der Waals surface area contributed by atoms with Crippen molar-refractivity contribution in [1.29, 1.82) is 0 Å². The lowest BCUT2D eigenvalue weighted by Gasteiger charge is -2.22. The molecule has 3 heteroatoms. The topological polar surface area (TPSA) is 40.7 Å². The fourth-order valence-corrected chi connectivity index (χ4v) is 2.34. The molecule has 0 saturated carbocycles. The van der Waals surface area contributed by atoms with Crippen LogP contribution < -0.4 is 5.32 Å². The standard InChI is InChI=1S/C11H19N3/c1-3-10-8(2)13-14-11(10)9-5-4-6-12-7-9/h9,12H,3-7H2,1-2H3,(H,13,14). The van der Waals surface area contributed by atoms with Gasteiger partial charge in [-0.1, -0.05) is 6.92 Å². The largest absolute Gasteiger partial charge is 0.316 e. The van der Waals surface area contributed by atoms with Crippen LogP contribution in [0.2, 0.25) is 0 Å². The van der Waals surface area contributed by atoms with Gasteiger partial charge in [-0.3, -0.25) is 5.10 Å². The highest BCUT2D eigenvalue weighted by molar-refractivity contribution is 5.27. The van der Waals surface area contributed by atoms with E-state index in [4.69, 9.17) is 0 Å². The summed E-state index contributed by atoms with van der Waals surface area (Å²) in [5.74, 6) is 0.628. The summed E-state index contributed by atoms with van der Waals surface area (Å²) < 4.78 is 0. The molecular weight excluding hydrogens is 174 g/mol. The number of aryl methyl sites for hydroxylation is 1. The van der Waals surface area contributed by atoms with Gasteiger partial charge in [0, 0.05) is 18.2 Å². The third-order valence-corrected chi connectivity index (χ3v) is 3.14. The first-order valence-electron chi connectivity index (χ1n) is 5.57. The minimum atomic E-state index is 0.628. The van der Waals surface area contributed by atoms with E-state index >= 15 is 0 Å². The summed E-state index contributed by atoms with van der Waals surface area (Å²) in [5.41, 5.74) is 3.98. The van der Waals surface area contributed by atoms with E-state index < -0.39 is 0 Å². The van der Waals surface area contributed by atoms with Crippen LogP contribution in [-0.2, 0) is 6.42 Å². The molecule has 0 amide bonds. The Morgan fingerprint density at radius 2 is 2.36 bits per heavy atom. The SMILES string of the molecule is CCc1c(C2CCCNC2)n[nH]c1C. The van der Waals surface area contributed by atoms with Crippen LogP contribution in [0.3, 0.4) is 0 Å². The fourth-order valence-electron chi connectivity index (χ4n) is 2.34. The molecule has 3 nitrogen and oxygen atoms in total. The molecule has 1 aromatic heterocycles. The maximum atomic E-state index is 4.45. The highest BCUT2D eigenvalue weighted by Gasteiger charge is 2.21. The van der Waals surface area contributed by atoms with Crippen LogP contribution in [0.1, 0.15) is 42.6 Å². The number of hydrogen-bond donors (Lipinski definition) is 2. The van der Waals surface area contributed by atoms with Crippen LogP contribution in [0.15, 0.2) is 0 Å². The first-order valence-corrected chi connectivity index (χ1v) is 5.57. The zero-order valence-corrected chi connectivity index (χ0v) is 9.06. The van der Waals surface area contributed by atoms with E-state index in [1.165, 1.54) is 36.3 Å². The number of hydrogen-bond acceptors (Lipinski definition) is 2. The smallest absolute Gasteiger partial charge is 0.0700 e. The average Bonchev–Trinajstić information content (AvgIpc) is 2.61. The van der Waals surface area contributed by atoms with Crippen LogP contribution in [0.25, 0.3) is 0 Å². The van der Waals surface area contributed by atoms with Crippen molar-refractivity contribution >= 4 is 0 Å². The Kier molecular flexibility index (Phi) is 2.87. The first kappa shape index (κ1) is 9.71. The van der Waals surface area contributed by atoms with E-state index in [0.29, 0.717) is 5.92 Å².